The van der Waals surface area contributed by atoms with Gasteiger partial charge < -0.3 is 24.6 Å². The Kier molecular flexibility index (Phi) is 29.6. The molecule has 0 aliphatic heterocycles. The Bertz CT molecular complexity index is 1510. The second kappa shape index (κ2) is 33.2. The fourth-order valence-corrected chi connectivity index (χ4v) is 8.32. The molecule has 1 heterocycles. The SMILES string of the molecule is CCCCCCCCCCCCCC=CC(O)C(COP(=O)(O)OCc1cc(=O)oc2cc(N(CC)CC)ccc12)NC(=O)CCCCCCCCCCCCCCC. The standard InChI is InChI=1S/C48H83N2O8P/c1-5-9-11-13-15-17-19-21-23-25-27-29-31-33-45(51)44(49-47(52)34-32-30-28-26-24-22-20-18-16-14-12-10-6-2)40-57-59(54,55)56-39-41-37-48(53)58-46-38-42(35-36-43(41)46)50(7-3)8-4/h31,33,35-38,44-45,51H,5-30,32,34,39-40H2,1-4H3,(H,49,52)(H,54,55). The van der Waals surface area contributed by atoms with Gasteiger partial charge in [0.2, 0.25) is 5.91 Å². The number of fused-ring (bicyclic) bond motifs is 1. The molecular formula is C48H83N2O8P. The molecule has 0 saturated heterocycles. The first-order valence-electron chi connectivity index (χ1n) is 23.7. The van der Waals surface area contributed by atoms with E-state index in [-0.39, 0.29) is 12.5 Å². The number of hydrogen-bond acceptors (Lipinski definition) is 8. The van der Waals surface area contributed by atoms with Crippen LogP contribution in [0.2, 0.25) is 0 Å². The lowest BCUT2D eigenvalue weighted by atomic mass is 10.0. The summed E-state index contributed by atoms with van der Waals surface area (Å²) in [6.45, 7) is 9.33. The zero-order valence-electron chi connectivity index (χ0n) is 37.6. The van der Waals surface area contributed by atoms with E-state index in [0.29, 0.717) is 23.0 Å². The van der Waals surface area contributed by atoms with Gasteiger partial charge in [0.15, 0.2) is 0 Å². The molecule has 0 radical (unpaired) electrons. The largest absolute Gasteiger partial charge is 0.472 e. The summed E-state index contributed by atoms with van der Waals surface area (Å²) in [4.78, 5) is 38.3. The minimum atomic E-state index is -4.66. The Morgan fingerprint density at radius 3 is 1.78 bits per heavy atom. The second-order valence-electron chi connectivity index (χ2n) is 16.4. The normalized spacial score (nSPS) is 13.9. The highest BCUT2D eigenvalue weighted by atomic mass is 31.2. The van der Waals surface area contributed by atoms with Gasteiger partial charge in [-0.05, 0) is 50.8 Å². The summed E-state index contributed by atoms with van der Waals surface area (Å²) in [5.74, 6) is -0.236. The number of allylic oxidation sites excluding steroid dienone is 1. The summed E-state index contributed by atoms with van der Waals surface area (Å²) < 4.78 is 29.3. The number of phosphoric acid groups is 1. The Morgan fingerprint density at radius 2 is 1.25 bits per heavy atom. The first-order chi connectivity index (χ1) is 28.6. The lowest BCUT2D eigenvalue weighted by Crippen LogP contribution is -2.45. The number of anilines is 1. The molecule has 0 aliphatic carbocycles. The van der Waals surface area contributed by atoms with Crippen molar-refractivity contribution in [1.82, 2.24) is 5.32 Å². The van der Waals surface area contributed by atoms with E-state index in [1.807, 2.05) is 26.0 Å². The molecule has 3 N–H and O–H groups in total. The monoisotopic (exact) mass is 847 g/mol. The van der Waals surface area contributed by atoms with E-state index in [1.165, 1.54) is 128 Å². The summed E-state index contributed by atoms with van der Waals surface area (Å²) in [6, 6.07) is 5.77. The van der Waals surface area contributed by atoms with Gasteiger partial charge in [-0.2, -0.15) is 0 Å². The van der Waals surface area contributed by atoms with Crippen LogP contribution in [-0.2, 0) is 25.0 Å². The molecule has 2 aromatic rings. The van der Waals surface area contributed by atoms with Crippen LogP contribution in [0.1, 0.15) is 200 Å². The highest BCUT2D eigenvalue weighted by molar-refractivity contribution is 7.47. The number of aliphatic hydroxyl groups excluding tert-OH is 1. The Labute approximate surface area is 357 Å². The van der Waals surface area contributed by atoms with Crippen molar-refractivity contribution in [3.05, 3.63) is 52.4 Å². The van der Waals surface area contributed by atoms with Crippen molar-refractivity contribution >= 4 is 30.4 Å². The van der Waals surface area contributed by atoms with Crippen LogP contribution in [0, 0.1) is 0 Å². The second-order valence-corrected chi connectivity index (χ2v) is 17.8. The zero-order valence-corrected chi connectivity index (χ0v) is 38.5. The topological polar surface area (TPSA) is 139 Å². The van der Waals surface area contributed by atoms with E-state index in [4.69, 9.17) is 13.5 Å². The van der Waals surface area contributed by atoms with Gasteiger partial charge in [0.05, 0.1) is 25.4 Å². The molecule has 0 spiro atoms. The van der Waals surface area contributed by atoms with Crippen LogP contribution in [0.5, 0.6) is 0 Å². The van der Waals surface area contributed by atoms with Crippen LogP contribution in [0.25, 0.3) is 11.0 Å². The Morgan fingerprint density at radius 1 is 0.746 bits per heavy atom. The number of aliphatic hydroxyl groups is 1. The molecule has 0 aliphatic rings. The van der Waals surface area contributed by atoms with Gasteiger partial charge in [-0.3, -0.25) is 13.8 Å². The molecule has 0 bridgehead atoms. The molecule has 1 aromatic carbocycles. The number of unbranched alkanes of at least 4 members (excludes halogenated alkanes) is 23. The van der Waals surface area contributed by atoms with Crippen LogP contribution in [0.3, 0.4) is 0 Å². The maximum Gasteiger partial charge on any atom is 0.472 e. The number of nitrogens with one attached hydrogen (secondary N) is 1. The maximum absolute atomic E-state index is 13.1. The van der Waals surface area contributed by atoms with E-state index < -0.39 is 32.2 Å². The lowest BCUT2D eigenvalue weighted by Gasteiger charge is -2.23. The van der Waals surface area contributed by atoms with E-state index in [1.54, 1.807) is 18.2 Å². The van der Waals surface area contributed by atoms with Crippen LogP contribution < -0.4 is 15.8 Å². The molecule has 0 saturated carbocycles. The molecule has 3 unspecified atom stereocenters. The minimum Gasteiger partial charge on any atom is -0.423 e. The Balaban J connectivity index is 1.89. The minimum absolute atomic E-state index is 0.236. The average molecular weight is 847 g/mol. The third-order valence-electron chi connectivity index (χ3n) is 11.3. The van der Waals surface area contributed by atoms with Crippen molar-refractivity contribution in [3.63, 3.8) is 0 Å². The van der Waals surface area contributed by atoms with E-state index >= 15 is 0 Å². The summed E-state index contributed by atoms with van der Waals surface area (Å²) >= 11 is 0. The van der Waals surface area contributed by atoms with E-state index in [9.17, 15) is 24.2 Å². The van der Waals surface area contributed by atoms with Crippen LogP contribution in [0.15, 0.2) is 45.6 Å². The summed E-state index contributed by atoms with van der Waals surface area (Å²) in [5.41, 5.74) is 1.03. The predicted molar refractivity (Wildman–Crippen MR) is 245 cm³/mol. The Hall–Kier alpha value is -2.49. The molecule has 338 valence electrons. The van der Waals surface area contributed by atoms with Crippen molar-refractivity contribution in [1.29, 1.82) is 0 Å². The van der Waals surface area contributed by atoms with Gasteiger partial charge in [0.1, 0.15) is 5.58 Å². The number of amides is 1. The third-order valence-corrected chi connectivity index (χ3v) is 12.2. The molecule has 1 aromatic heterocycles. The van der Waals surface area contributed by atoms with Gasteiger partial charge >= 0.3 is 13.4 Å². The summed E-state index contributed by atoms with van der Waals surface area (Å²) in [6.07, 6.45) is 33.1. The zero-order chi connectivity index (χ0) is 43.0. The fourth-order valence-electron chi connectivity index (χ4n) is 7.59. The average Bonchev–Trinajstić information content (AvgIpc) is 3.22. The number of hydrogen-bond donors (Lipinski definition) is 3. The van der Waals surface area contributed by atoms with Crippen molar-refractivity contribution in [2.45, 2.75) is 213 Å². The third kappa shape index (κ3) is 24.5. The van der Waals surface area contributed by atoms with Gasteiger partial charge in [0.25, 0.3) is 0 Å². The van der Waals surface area contributed by atoms with Gasteiger partial charge in [-0.25, -0.2) is 9.36 Å². The van der Waals surface area contributed by atoms with Crippen LogP contribution >= 0.6 is 7.82 Å². The number of carbonyl (C=O) groups excluding carboxylic acids is 1. The highest BCUT2D eigenvalue weighted by Gasteiger charge is 2.27. The maximum atomic E-state index is 13.1. The molecular weight excluding hydrogens is 764 g/mol. The molecule has 10 nitrogen and oxygen atoms in total. The number of benzene rings is 1. The predicted octanol–water partition coefficient (Wildman–Crippen LogP) is 12.9. The molecule has 2 rings (SSSR count). The first-order valence-corrected chi connectivity index (χ1v) is 25.2. The number of rotatable bonds is 38. The van der Waals surface area contributed by atoms with Crippen molar-refractivity contribution in [2.75, 3.05) is 24.6 Å². The molecule has 0 fully saturated rings. The highest BCUT2D eigenvalue weighted by Crippen LogP contribution is 2.44. The summed E-state index contributed by atoms with van der Waals surface area (Å²) in [7, 11) is -4.66. The van der Waals surface area contributed by atoms with Gasteiger partial charge in [0, 0.05) is 42.7 Å². The van der Waals surface area contributed by atoms with E-state index in [0.717, 1.165) is 57.3 Å². The molecule has 59 heavy (non-hydrogen) atoms. The first kappa shape index (κ1) is 52.6. The van der Waals surface area contributed by atoms with Crippen LogP contribution in [-0.4, -0.2) is 47.7 Å². The fraction of sp³-hybridized carbons (Fsp3) is 0.750. The molecule has 11 heteroatoms. The van der Waals surface area contributed by atoms with E-state index in [2.05, 4.69) is 24.1 Å². The van der Waals surface area contributed by atoms with Gasteiger partial charge in [-0.1, -0.05) is 167 Å². The van der Waals surface area contributed by atoms with Crippen molar-refractivity contribution < 1.29 is 32.8 Å². The van der Waals surface area contributed by atoms with Crippen LogP contribution in [0.4, 0.5) is 5.69 Å². The lowest BCUT2D eigenvalue weighted by molar-refractivity contribution is -0.123. The number of nitrogens with zero attached hydrogens (tertiary/aromatic N) is 1. The van der Waals surface area contributed by atoms with Crippen molar-refractivity contribution in [3.8, 4) is 0 Å². The molecule has 1 amide bonds. The number of carbonyl (C=O) groups is 1. The molecule has 3 atom stereocenters. The number of phosphoric ester groups is 1. The van der Waals surface area contributed by atoms with Crippen molar-refractivity contribution in [2.24, 2.45) is 0 Å². The quantitative estimate of drug-likeness (QED) is 0.0261. The summed E-state index contributed by atoms with van der Waals surface area (Å²) in [5, 5.41) is 14.6. The van der Waals surface area contributed by atoms with Gasteiger partial charge in [-0.15, -0.1) is 0 Å². The smallest absolute Gasteiger partial charge is 0.423 e.